The molecule has 1 heterocycles. The van der Waals surface area contributed by atoms with E-state index in [9.17, 15) is 4.79 Å². The van der Waals surface area contributed by atoms with Crippen LogP contribution in [0.2, 0.25) is 5.02 Å². The zero-order valence-corrected chi connectivity index (χ0v) is 16.5. The standard InChI is InChI=1S/C19H31ClN4O/c1-19(2,3)22-9-5-8-21-18(25)15-23-10-12-24(13-11-23)17-7-4-6-16(20)14-17/h4,6-7,14,22H,5,8-13,15H2,1-3H3,(H,21,25)/p+2. The van der Waals surface area contributed by atoms with Gasteiger partial charge in [0.25, 0.3) is 5.91 Å². The molecule has 1 amide bonds. The predicted molar refractivity (Wildman–Crippen MR) is 103 cm³/mol. The molecule has 0 bridgehead atoms. The summed E-state index contributed by atoms with van der Waals surface area (Å²) in [7, 11) is 0. The van der Waals surface area contributed by atoms with Crippen LogP contribution in [0.5, 0.6) is 0 Å². The van der Waals surface area contributed by atoms with Crippen LogP contribution in [-0.2, 0) is 4.79 Å². The minimum atomic E-state index is 0.168. The number of carbonyl (C=O) groups excluding carboxylic acids is 1. The van der Waals surface area contributed by atoms with Crippen molar-refractivity contribution in [1.29, 1.82) is 0 Å². The number of piperazine rings is 1. The molecule has 6 heteroatoms. The van der Waals surface area contributed by atoms with Gasteiger partial charge in [-0.2, -0.15) is 0 Å². The van der Waals surface area contributed by atoms with E-state index in [1.54, 1.807) is 0 Å². The molecule has 1 aromatic carbocycles. The monoisotopic (exact) mass is 368 g/mol. The summed E-state index contributed by atoms with van der Waals surface area (Å²) in [6.45, 7) is 12.9. The molecule has 1 aromatic rings. The van der Waals surface area contributed by atoms with E-state index >= 15 is 0 Å². The van der Waals surface area contributed by atoms with Crippen LogP contribution in [0.15, 0.2) is 24.3 Å². The van der Waals surface area contributed by atoms with Crippen molar-refractivity contribution in [2.75, 3.05) is 50.7 Å². The van der Waals surface area contributed by atoms with Gasteiger partial charge in [-0.25, -0.2) is 0 Å². The van der Waals surface area contributed by atoms with Gasteiger partial charge in [0.2, 0.25) is 0 Å². The highest BCUT2D eigenvalue weighted by molar-refractivity contribution is 6.30. The van der Waals surface area contributed by atoms with Crippen LogP contribution in [-0.4, -0.2) is 57.3 Å². The second kappa shape index (κ2) is 9.41. The van der Waals surface area contributed by atoms with E-state index in [-0.39, 0.29) is 11.4 Å². The van der Waals surface area contributed by atoms with E-state index in [1.165, 1.54) is 10.6 Å². The van der Waals surface area contributed by atoms with E-state index in [0.717, 1.165) is 50.7 Å². The van der Waals surface area contributed by atoms with Crippen LogP contribution >= 0.6 is 11.6 Å². The number of nitrogens with one attached hydrogen (secondary N) is 2. The lowest BCUT2D eigenvalue weighted by atomic mass is 10.1. The first-order valence-electron chi connectivity index (χ1n) is 9.29. The summed E-state index contributed by atoms with van der Waals surface area (Å²) >= 11 is 6.07. The fourth-order valence-electron chi connectivity index (χ4n) is 3.09. The number of rotatable bonds is 7. The van der Waals surface area contributed by atoms with Crippen molar-refractivity contribution in [3.05, 3.63) is 29.3 Å². The van der Waals surface area contributed by atoms with Crippen molar-refractivity contribution < 1.29 is 15.0 Å². The summed E-state index contributed by atoms with van der Waals surface area (Å²) < 4.78 is 0. The number of benzene rings is 1. The first kappa shape index (κ1) is 20.0. The van der Waals surface area contributed by atoms with Gasteiger partial charge in [0.05, 0.1) is 38.3 Å². The Hall–Kier alpha value is -1.30. The average Bonchev–Trinajstić information content (AvgIpc) is 2.54. The Morgan fingerprint density at radius 3 is 2.68 bits per heavy atom. The maximum atomic E-state index is 12.1. The highest BCUT2D eigenvalue weighted by Gasteiger charge is 2.22. The van der Waals surface area contributed by atoms with Gasteiger partial charge in [-0.1, -0.05) is 17.7 Å². The average molecular weight is 369 g/mol. The lowest BCUT2D eigenvalue weighted by molar-refractivity contribution is -0.892. The Kier molecular flexibility index (Phi) is 7.54. The number of quaternary nitrogens is 2. The Balaban J connectivity index is 1.62. The minimum Gasteiger partial charge on any atom is -0.360 e. The van der Waals surface area contributed by atoms with Crippen LogP contribution in [0.3, 0.4) is 0 Å². The molecule has 0 unspecified atom stereocenters. The van der Waals surface area contributed by atoms with Crippen molar-refractivity contribution in [2.45, 2.75) is 32.7 Å². The van der Waals surface area contributed by atoms with Gasteiger partial charge in [0.15, 0.2) is 6.54 Å². The zero-order valence-electron chi connectivity index (χ0n) is 15.8. The van der Waals surface area contributed by atoms with Crippen LogP contribution in [0.1, 0.15) is 27.2 Å². The third-order valence-corrected chi connectivity index (χ3v) is 4.75. The first-order valence-corrected chi connectivity index (χ1v) is 9.66. The van der Waals surface area contributed by atoms with Crippen molar-refractivity contribution in [1.82, 2.24) is 5.32 Å². The van der Waals surface area contributed by atoms with Crippen LogP contribution in [0, 0.1) is 0 Å². The number of nitrogens with zero attached hydrogens (tertiary/aromatic N) is 1. The number of halogens is 1. The summed E-state index contributed by atoms with van der Waals surface area (Å²) in [5.41, 5.74) is 1.43. The molecule has 140 valence electrons. The zero-order chi connectivity index (χ0) is 18.3. The number of amides is 1. The lowest BCUT2D eigenvalue weighted by Gasteiger charge is -2.33. The van der Waals surface area contributed by atoms with Gasteiger partial charge in [-0.15, -0.1) is 0 Å². The molecular formula is C19H33ClN4O+2. The molecule has 0 radical (unpaired) electrons. The normalized spacial score (nSPS) is 16.1. The number of carbonyl (C=O) groups is 1. The van der Waals surface area contributed by atoms with Gasteiger partial charge in [-0.3, -0.25) is 4.79 Å². The second-order valence-electron chi connectivity index (χ2n) is 7.96. The third kappa shape index (κ3) is 7.63. The summed E-state index contributed by atoms with van der Waals surface area (Å²) in [5.74, 6) is 0.168. The number of anilines is 1. The van der Waals surface area contributed by atoms with Crippen LogP contribution < -0.4 is 20.4 Å². The molecule has 1 aliphatic rings. The highest BCUT2D eigenvalue weighted by Crippen LogP contribution is 2.19. The molecule has 0 saturated carbocycles. The van der Waals surface area contributed by atoms with Crippen molar-refractivity contribution in [2.24, 2.45) is 0 Å². The quantitative estimate of drug-likeness (QED) is 0.589. The molecule has 2 rings (SSSR count). The largest absolute Gasteiger partial charge is 0.360 e. The Labute approximate surface area is 156 Å². The molecule has 0 spiro atoms. The smallest absolute Gasteiger partial charge is 0.275 e. The van der Waals surface area contributed by atoms with Crippen LogP contribution in [0.25, 0.3) is 0 Å². The van der Waals surface area contributed by atoms with E-state index in [0.29, 0.717) is 6.54 Å². The maximum Gasteiger partial charge on any atom is 0.275 e. The van der Waals surface area contributed by atoms with E-state index in [4.69, 9.17) is 11.6 Å². The molecule has 0 aliphatic carbocycles. The number of hydrogen-bond donors (Lipinski definition) is 3. The maximum absolute atomic E-state index is 12.1. The number of hydrogen-bond acceptors (Lipinski definition) is 2. The molecule has 25 heavy (non-hydrogen) atoms. The fraction of sp³-hybridized carbons (Fsp3) is 0.632. The molecule has 1 saturated heterocycles. The molecule has 0 aromatic heterocycles. The summed E-state index contributed by atoms with van der Waals surface area (Å²) in [6.07, 6.45) is 1.01. The predicted octanol–water partition coefficient (Wildman–Crippen LogP) is -0.0869. The molecule has 1 fully saturated rings. The second-order valence-corrected chi connectivity index (χ2v) is 8.39. The van der Waals surface area contributed by atoms with Crippen molar-refractivity contribution in [3.63, 3.8) is 0 Å². The topological polar surface area (TPSA) is 53.4 Å². The Bertz CT molecular complexity index is 551. The molecular weight excluding hydrogens is 336 g/mol. The summed E-state index contributed by atoms with van der Waals surface area (Å²) in [5, 5.41) is 6.15. The fourth-order valence-corrected chi connectivity index (χ4v) is 3.27. The van der Waals surface area contributed by atoms with E-state index in [2.05, 4.69) is 42.4 Å². The number of nitrogens with two attached hydrogens (primary N) is 1. The highest BCUT2D eigenvalue weighted by atomic mass is 35.5. The van der Waals surface area contributed by atoms with Crippen molar-refractivity contribution in [3.8, 4) is 0 Å². The molecule has 1 aliphatic heterocycles. The first-order chi connectivity index (χ1) is 11.8. The van der Waals surface area contributed by atoms with Gasteiger partial charge in [0.1, 0.15) is 0 Å². The summed E-state index contributed by atoms with van der Waals surface area (Å²) in [6, 6.07) is 7.99. The van der Waals surface area contributed by atoms with Gasteiger partial charge in [0, 0.05) is 23.7 Å². The van der Waals surface area contributed by atoms with Gasteiger partial charge >= 0.3 is 0 Å². The lowest BCUT2D eigenvalue weighted by Crippen LogP contribution is -3.16. The minimum absolute atomic E-state index is 0.168. The SMILES string of the molecule is CC(C)(C)[NH2+]CCCNC(=O)C[NH+]1CCN(c2cccc(Cl)c2)CC1. The Morgan fingerprint density at radius 1 is 1.32 bits per heavy atom. The Morgan fingerprint density at radius 2 is 2.04 bits per heavy atom. The third-order valence-electron chi connectivity index (χ3n) is 4.51. The van der Waals surface area contributed by atoms with Crippen LogP contribution in [0.4, 0.5) is 5.69 Å². The van der Waals surface area contributed by atoms with E-state index in [1.807, 2.05) is 18.2 Å². The molecule has 5 nitrogen and oxygen atoms in total. The van der Waals surface area contributed by atoms with Gasteiger partial charge < -0.3 is 20.4 Å². The van der Waals surface area contributed by atoms with E-state index < -0.39 is 0 Å². The summed E-state index contributed by atoms with van der Waals surface area (Å²) in [4.78, 5) is 15.8. The van der Waals surface area contributed by atoms with Crippen molar-refractivity contribution >= 4 is 23.2 Å². The molecule has 0 atom stereocenters. The molecule has 4 N–H and O–H groups in total. The van der Waals surface area contributed by atoms with Gasteiger partial charge in [-0.05, 0) is 39.0 Å².